The van der Waals surface area contributed by atoms with E-state index in [2.05, 4.69) is 16.3 Å². The number of likely N-dealkylation sites (tertiary alicyclic amines) is 1. The Morgan fingerprint density at radius 1 is 1.03 bits per heavy atom. The first kappa shape index (κ1) is 20.9. The van der Waals surface area contributed by atoms with Gasteiger partial charge in [-0.05, 0) is 74.7 Å². The number of piperidine rings is 1. The van der Waals surface area contributed by atoms with Crippen LogP contribution < -0.4 is 10.1 Å². The Bertz CT molecular complexity index is 809. The van der Waals surface area contributed by atoms with Crippen LogP contribution in [-0.2, 0) is 4.74 Å². The standard InChI is InChI=1S/C25H32N2O3/c28-25(26-24-9-3-2-8-23(24)21-7-6-17-29-19-21)20-10-12-22(13-11-20)30-18-16-27-14-4-1-5-15-27/h2-3,8-13,21H,1,4-7,14-19H2,(H,26,28). The third-order valence-electron chi connectivity index (χ3n) is 6.05. The number of hydrogen-bond acceptors (Lipinski definition) is 4. The fourth-order valence-electron chi connectivity index (χ4n) is 4.33. The molecule has 1 N–H and O–H groups in total. The number of nitrogens with one attached hydrogen (secondary N) is 1. The highest BCUT2D eigenvalue weighted by atomic mass is 16.5. The normalized spacial score (nSPS) is 19.9. The van der Waals surface area contributed by atoms with Gasteiger partial charge in [0.2, 0.25) is 0 Å². The molecule has 2 aliphatic rings. The quantitative estimate of drug-likeness (QED) is 0.722. The first-order valence-electron chi connectivity index (χ1n) is 11.2. The lowest BCUT2D eigenvalue weighted by Crippen LogP contribution is -2.33. The molecule has 0 bridgehead atoms. The summed E-state index contributed by atoms with van der Waals surface area (Å²) in [6, 6.07) is 15.5. The molecule has 5 nitrogen and oxygen atoms in total. The lowest BCUT2D eigenvalue weighted by molar-refractivity contribution is 0.0805. The maximum atomic E-state index is 12.8. The Morgan fingerprint density at radius 3 is 2.60 bits per heavy atom. The van der Waals surface area contributed by atoms with E-state index < -0.39 is 0 Å². The van der Waals surface area contributed by atoms with Crippen LogP contribution in [0.2, 0.25) is 0 Å². The fraction of sp³-hybridized carbons (Fsp3) is 0.480. The van der Waals surface area contributed by atoms with Crippen molar-refractivity contribution in [3.8, 4) is 5.75 Å². The van der Waals surface area contributed by atoms with Gasteiger partial charge in [-0.2, -0.15) is 0 Å². The Hall–Kier alpha value is -2.37. The molecule has 30 heavy (non-hydrogen) atoms. The summed E-state index contributed by atoms with van der Waals surface area (Å²) in [6.45, 7) is 5.55. The number of carbonyl (C=O) groups excluding carboxylic acids is 1. The van der Waals surface area contributed by atoms with E-state index in [9.17, 15) is 4.79 Å². The molecule has 1 amide bonds. The molecular weight excluding hydrogens is 376 g/mol. The van der Waals surface area contributed by atoms with Gasteiger partial charge in [-0.15, -0.1) is 0 Å². The highest BCUT2D eigenvalue weighted by Crippen LogP contribution is 2.31. The summed E-state index contributed by atoms with van der Waals surface area (Å²) in [4.78, 5) is 15.2. The Balaban J connectivity index is 1.32. The molecule has 0 radical (unpaired) electrons. The molecular formula is C25H32N2O3. The second-order valence-corrected chi connectivity index (χ2v) is 8.23. The van der Waals surface area contributed by atoms with E-state index in [0.717, 1.165) is 49.6 Å². The Morgan fingerprint density at radius 2 is 1.83 bits per heavy atom. The molecule has 0 aromatic heterocycles. The van der Waals surface area contributed by atoms with Crippen LogP contribution in [0.1, 0.15) is 53.9 Å². The molecule has 1 atom stereocenters. The molecule has 5 heteroatoms. The average Bonchev–Trinajstić information content (AvgIpc) is 2.81. The monoisotopic (exact) mass is 408 g/mol. The van der Waals surface area contributed by atoms with Crippen molar-refractivity contribution in [3.05, 3.63) is 59.7 Å². The maximum Gasteiger partial charge on any atom is 0.255 e. The highest BCUT2D eigenvalue weighted by Gasteiger charge is 2.20. The Labute approximate surface area is 179 Å². The second kappa shape index (κ2) is 10.6. The smallest absolute Gasteiger partial charge is 0.255 e. The zero-order valence-corrected chi connectivity index (χ0v) is 17.6. The van der Waals surface area contributed by atoms with E-state index in [1.54, 1.807) is 0 Å². The molecule has 0 saturated carbocycles. The largest absolute Gasteiger partial charge is 0.492 e. The SMILES string of the molecule is O=C(Nc1ccccc1C1CCCOC1)c1ccc(OCCN2CCCCC2)cc1. The van der Waals surface area contributed by atoms with E-state index in [4.69, 9.17) is 9.47 Å². The molecule has 160 valence electrons. The van der Waals surface area contributed by atoms with Gasteiger partial charge in [0.1, 0.15) is 12.4 Å². The number of para-hydroxylation sites is 1. The summed E-state index contributed by atoms with van der Waals surface area (Å²) in [5.41, 5.74) is 2.66. The van der Waals surface area contributed by atoms with Gasteiger partial charge in [0.05, 0.1) is 6.61 Å². The third-order valence-corrected chi connectivity index (χ3v) is 6.05. The van der Waals surface area contributed by atoms with Gasteiger partial charge in [-0.25, -0.2) is 0 Å². The lowest BCUT2D eigenvalue weighted by atomic mass is 9.92. The number of rotatable bonds is 7. The zero-order chi connectivity index (χ0) is 20.6. The summed E-state index contributed by atoms with van der Waals surface area (Å²) in [6.07, 6.45) is 6.09. The number of amides is 1. The number of benzene rings is 2. The van der Waals surface area contributed by atoms with Crippen molar-refractivity contribution in [3.63, 3.8) is 0 Å². The van der Waals surface area contributed by atoms with E-state index in [-0.39, 0.29) is 5.91 Å². The molecule has 2 aromatic carbocycles. The van der Waals surface area contributed by atoms with Gasteiger partial charge in [-0.3, -0.25) is 9.69 Å². The summed E-state index contributed by atoms with van der Waals surface area (Å²) in [7, 11) is 0. The van der Waals surface area contributed by atoms with Crippen LogP contribution in [0.3, 0.4) is 0 Å². The van der Waals surface area contributed by atoms with E-state index in [1.165, 1.54) is 32.4 Å². The third kappa shape index (κ3) is 5.61. The minimum absolute atomic E-state index is 0.0981. The first-order valence-corrected chi connectivity index (χ1v) is 11.2. The summed E-state index contributed by atoms with van der Waals surface area (Å²) in [5, 5.41) is 3.09. The molecule has 2 aliphatic heterocycles. The predicted octanol–water partition coefficient (Wildman–Crippen LogP) is 4.70. The van der Waals surface area contributed by atoms with Crippen LogP contribution in [0.4, 0.5) is 5.69 Å². The molecule has 1 unspecified atom stereocenters. The predicted molar refractivity (Wildman–Crippen MR) is 119 cm³/mol. The van der Waals surface area contributed by atoms with Gasteiger partial charge < -0.3 is 14.8 Å². The minimum atomic E-state index is -0.0981. The van der Waals surface area contributed by atoms with Crippen molar-refractivity contribution in [2.45, 2.75) is 38.0 Å². The van der Waals surface area contributed by atoms with Gasteiger partial charge in [0.15, 0.2) is 0 Å². The summed E-state index contributed by atoms with van der Waals surface area (Å²) in [5.74, 6) is 1.05. The van der Waals surface area contributed by atoms with Crippen molar-refractivity contribution < 1.29 is 14.3 Å². The molecule has 2 saturated heterocycles. The van der Waals surface area contributed by atoms with Gasteiger partial charge in [0.25, 0.3) is 5.91 Å². The molecule has 2 heterocycles. The zero-order valence-electron chi connectivity index (χ0n) is 17.6. The van der Waals surface area contributed by atoms with E-state index in [1.807, 2.05) is 42.5 Å². The van der Waals surface area contributed by atoms with Crippen LogP contribution in [0, 0.1) is 0 Å². The van der Waals surface area contributed by atoms with Crippen molar-refractivity contribution >= 4 is 11.6 Å². The number of hydrogen-bond donors (Lipinski definition) is 1. The molecule has 4 rings (SSSR count). The van der Waals surface area contributed by atoms with Crippen LogP contribution in [0.25, 0.3) is 0 Å². The van der Waals surface area contributed by atoms with Gasteiger partial charge in [0, 0.05) is 30.3 Å². The first-order chi connectivity index (χ1) is 14.8. The van der Waals surface area contributed by atoms with E-state index in [0.29, 0.717) is 18.1 Å². The fourth-order valence-corrected chi connectivity index (χ4v) is 4.33. The number of anilines is 1. The number of carbonyl (C=O) groups is 1. The maximum absolute atomic E-state index is 12.8. The van der Waals surface area contributed by atoms with Gasteiger partial charge >= 0.3 is 0 Å². The Kier molecular flexibility index (Phi) is 7.38. The molecule has 0 spiro atoms. The summed E-state index contributed by atoms with van der Waals surface area (Å²) < 4.78 is 11.5. The van der Waals surface area contributed by atoms with E-state index >= 15 is 0 Å². The molecule has 2 aromatic rings. The topological polar surface area (TPSA) is 50.8 Å². The van der Waals surface area contributed by atoms with Crippen LogP contribution in [0.5, 0.6) is 5.75 Å². The number of nitrogens with zero attached hydrogens (tertiary/aromatic N) is 1. The second-order valence-electron chi connectivity index (χ2n) is 8.23. The van der Waals surface area contributed by atoms with Crippen molar-refractivity contribution in [2.24, 2.45) is 0 Å². The van der Waals surface area contributed by atoms with Crippen molar-refractivity contribution in [2.75, 3.05) is 44.8 Å². The van der Waals surface area contributed by atoms with Crippen molar-refractivity contribution in [1.29, 1.82) is 0 Å². The molecule has 0 aliphatic carbocycles. The number of ether oxygens (including phenoxy) is 2. The average molecular weight is 409 g/mol. The molecule has 2 fully saturated rings. The van der Waals surface area contributed by atoms with Crippen LogP contribution >= 0.6 is 0 Å². The van der Waals surface area contributed by atoms with Crippen molar-refractivity contribution in [1.82, 2.24) is 4.90 Å². The highest BCUT2D eigenvalue weighted by molar-refractivity contribution is 6.04. The lowest BCUT2D eigenvalue weighted by Gasteiger charge is -2.26. The van der Waals surface area contributed by atoms with Gasteiger partial charge in [-0.1, -0.05) is 24.6 Å². The summed E-state index contributed by atoms with van der Waals surface area (Å²) >= 11 is 0. The minimum Gasteiger partial charge on any atom is -0.492 e. The van der Waals surface area contributed by atoms with Crippen LogP contribution in [0.15, 0.2) is 48.5 Å². The van der Waals surface area contributed by atoms with Crippen LogP contribution in [-0.4, -0.2) is 50.3 Å².